The number of rotatable bonds is 6. The lowest BCUT2D eigenvalue weighted by Crippen LogP contribution is -2.58. The molecule has 0 unspecified atom stereocenters. The third-order valence-corrected chi connectivity index (χ3v) is 5.22. The summed E-state index contributed by atoms with van der Waals surface area (Å²) in [5.41, 5.74) is 1.56. The number of anilines is 2. The molecule has 0 spiro atoms. The number of aromatic nitrogens is 1. The van der Waals surface area contributed by atoms with Gasteiger partial charge in [0.1, 0.15) is 6.04 Å². The van der Waals surface area contributed by atoms with Crippen LogP contribution in [0.1, 0.15) is 25.1 Å². The number of nitrogens with one attached hydrogen (secondary N) is 2. The molecule has 1 aliphatic rings. The molecule has 2 aromatic rings. The van der Waals surface area contributed by atoms with Gasteiger partial charge in [0.05, 0.1) is 23.7 Å². The standard InChI is InChI=1S/C23H28FN5O5/c1-14(2)34-21(30)19-13-28(9-10-29(19)23(32)33)12-16-5-4-6-18(20(16)24)27-22(31)26-17-8-7-15(3)25-11-17/h4-8,11,14,19H,9-10,12-13H2,1-3H3,(H,32,33)(H2,26,27,31)/t19-/m0/s1. The highest BCUT2D eigenvalue weighted by Gasteiger charge is 2.37. The van der Waals surface area contributed by atoms with Crippen LogP contribution < -0.4 is 10.6 Å². The minimum atomic E-state index is -1.21. The van der Waals surface area contributed by atoms with E-state index in [-0.39, 0.29) is 31.4 Å². The number of carbonyl (C=O) groups excluding carboxylic acids is 2. The SMILES string of the molecule is Cc1ccc(NC(=O)Nc2cccc(CN3CCN(C(=O)O)[C@H](C(=O)OC(C)C)C3)c2F)cn1. The van der Waals surface area contributed by atoms with Crippen molar-refractivity contribution < 1.29 is 28.6 Å². The van der Waals surface area contributed by atoms with Gasteiger partial charge >= 0.3 is 18.1 Å². The molecule has 3 N–H and O–H groups in total. The molecule has 1 saturated heterocycles. The van der Waals surface area contributed by atoms with Gasteiger partial charge < -0.3 is 20.5 Å². The molecule has 0 radical (unpaired) electrons. The third kappa shape index (κ3) is 6.41. The molecule has 1 aromatic carbocycles. The summed E-state index contributed by atoms with van der Waals surface area (Å²) in [5.74, 6) is -1.25. The number of carboxylic acid groups (broad SMARTS) is 1. The Labute approximate surface area is 196 Å². The molecule has 0 saturated carbocycles. The number of benzene rings is 1. The number of ether oxygens (including phenoxy) is 1. The van der Waals surface area contributed by atoms with Crippen LogP contribution in [0.5, 0.6) is 0 Å². The maximum Gasteiger partial charge on any atom is 0.408 e. The highest BCUT2D eigenvalue weighted by atomic mass is 19.1. The number of halogens is 1. The average Bonchev–Trinajstić information content (AvgIpc) is 2.77. The maximum atomic E-state index is 15.1. The number of amides is 3. The summed E-state index contributed by atoms with van der Waals surface area (Å²) in [6.45, 7) is 5.78. The molecule has 3 rings (SSSR count). The third-order valence-electron chi connectivity index (χ3n) is 5.22. The van der Waals surface area contributed by atoms with Gasteiger partial charge in [-0.1, -0.05) is 12.1 Å². The summed E-state index contributed by atoms with van der Waals surface area (Å²) < 4.78 is 20.3. The Kier molecular flexibility index (Phi) is 8.00. The van der Waals surface area contributed by atoms with E-state index < -0.39 is 30.0 Å². The Balaban J connectivity index is 1.67. The molecule has 2 heterocycles. The van der Waals surface area contributed by atoms with Crippen LogP contribution in [0, 0.1) is 12.7 Å². The zero-order valence-corrected chi connectivity index (χ0v) is 19.2. The molecular weight excluding hydrogens is 445 g/mol. The molecular formula is C23H28FN5O5. The molecule has 0 bridgehead atoms. The molecule has 1 atom stereocenters. The largest absolute Gasteiger partial charge is 0.465 e. The number of esters is 1. The highest BCUT2D eigenvalue weighted by Crippen LogP contribution is 2.22. The van der Waals surface area contributed by atoms with Gasteiger partial charge in [0, 0.05) is 37.4 Å². The number of carbonyl (C=O) groups is 3. The quantitative estimate of drug-likeness (QED) is 0.550. The van der Waals surface area contributed by atoms with Gasteiger partial charge in [-0.3, -0.25) is 14.8 Å². The predicted octanol–water partition coefficient (Wildman–Crippen LogP) is 3.29. The summed E-state index contributed by atoms with van der Waals surface area (Å²) in [6.07, 6.45) is -0.0998. The van der Waals surface area contributed by atoms with E-state index in [1.165, 1.54) is 12.3 Å². The smallest absolute Gasteiger partial charge is 0.408 e. The van der Waals surface area contributed by atoms with E-state index in [1.54, 1.807) is 43.0 Å². The Hall–Kier alpha value is -3.73. The molecule has 1 aromatic heterocycles. The number of hydrogen-bond donors (Lipinski definition) is 3. The number of piperazine rings is 1. The monoisotopic (exact) mass is 473 g/mol. The zero-order chi connectivity index (χ0) is 24.8. The highest BCUT2D eigenvalue weighted by molar-refractivity contribution is 5.99. The Bertz CT molecular complexity index is 1050. The van der Waals surface area contributed by atoms with Gasteiger partial charge in [-0.15, -0.1) is 0 Å². The summed E-state index contributed by atoms with van der Waals surface area (Å²) in [7, 11) is 0. The zero-order valence-electron chi connectivity index (χ0n) is 19.2. The molecule has 0 aliphatic carbocycles. The fourth-order valence-corrected chi connectivity index (χ4v) is 3.59. The van der Waals surface area contributed by atoms with Crippen molar-refractivity contribution in [3.05, 3.63) is 53.6 Å². The van der Waals surface area contributed by atoms with Crippen LogP contribution in [0.2, 0.25) is 0 Å². The molecule has 1 fully saturated rings. The van der Waals surface area contributed by atoms with Gasteiger partial charge in [0.25, 0.3) is 0 Å². The second-order valence-electron chi connectivity index (χ2n) is 8.26. The summed E-state index contributed by atoms with van der Waals surface area (Å²) in [4.78, 5) is 43.2. The van der Waals surface area contributed by atoms with Crippen LogP contribution in [-0.2, 0) is 16.1 Å². The summed E-state index contributed by atoms with van der Waals surface area (Å²) >= 11 is 0. The minimum Gasteiger partial charge on any atom is -0.465 e. The lowest BCUT2D eigenvalue weighted by molar-refractivity contribution is -0.155. The maximum absolute atomic E-state index is 15.1. The molecule has 1 aliphatic heterocycles. The van der Waals surface area contributed by atoms with Crippen LogP contribution in [0.3, 0.4) is 0 Å². The van der Waals surface area contributed by atoms with E-state index >= 15 is 4.39 Å². The van der Waals surface area contributed by atoms with Crippen molar-refractivity contribution in [2.24, 2.45) is 0 Å². The van der Waals surface area contributed by atoms with E-state index in [9.17, 15) is 19.5 Å². The van der Waals surface area contributed by atoms with Gasteiger partial charge in [-0.2, -0.15) is 0 Å². The predicted molar refractivity (Wildman–Crippen MR) is 123 cm³/mol. The van der Waals surface area contributed by atoms with Crippen LogP contribution in [-0.4, -0.2) is 69.8 Å². The van der Waals surface area contributed by atoms with Gasteiger partial charge in [0.2, 0.25) is 0 Å². The minimum absolute atomic E-state index is 0.00462. The van der Waals surface area contributed by atoms with Gasteiger partial charge in [-0.25, -0.2) is 18.8 Å². The Morgan fingerprint density at radius 3 is 2.62 bits per heavy atom. The van der Waals surface area contributed by atoms with Crippen molar-refractivity contribution in [3.63, 3.8) is 0 Å². The topological polar surface area (TPSA) is 124 Å². The van der Waals surface area contributed by atoms with Crippen LogP contribution >= 0.6 is 0 Å². The summed E-state index contributed by atoms with van der Waals surface area (Å²) in [5, 5.41) is 14.5. The van der Waals surface area contributed by atoms with Gasteiger partial charge in [0.15, 0.2) is 5.82 Å². The number of pyridine rings is 1. The van der Waals surface area contributed by atoms with E-state index in [0.29, 0.717) is 17.8 Å². The normalized spacial score (nSPS) is 16.3. The van der Waals surface area contributed by atoms with Crippen molar-refractivity contribution in [2.45, 2.75) is 39.5 Å². The first kappa shape index (κ1) is 24.9. The van der Waals surface area contributed by atoms with Crippen LogP contribution in [0.4, 0.5) is 25.4 Å². The Morgan fingerprint density at radius 1 is 1.21 bits per heavy atom. The van der Waals surface area contributed by atoms with Crippen molar-refractivity contribution in [2.75, 3.05) is 30.3 Å². The second-order valence-corrected chi connectivity index (χ2v) is 8.26. The lowest BCUT2D eigenvalue weighted by Gasteiger charge is -2.38. The molecule has 3 amide bonds. The van der Waals surface area contributed by atoms with E-state index in [2.05, 4.69) is 15.6 Å². The van der Waals surface area contributed by atoms with E-state index in [0.717, 1.165) is 10.6 Å². The molecule has 10 nitrogen and oxygen atoms in total. The fraction of sp³-hybridized carbons (Fsp3) is 0.391. The summed E-state index contributed by atoms with van der Waals surface area (Å²) in [6, 6.07) is 6.43. The number of urea groups is 1. The molecule has 11 heteroatoms. The van der Waals surface area contributed by atoms with Gasteiger partial charge in [-0.05, 0) is 39.0 Å². The first-order chi connectivity index (χ1) is 16.1. The first-order valence-electron chi connectivity index (χ1n) is 10.8. The average molecular weight is 474 g/mol. The van der Waals surface area contributed by atoms with Crippen molar-refractivity contribution in [1.29, 1.82) is 0 Å². The Morgan fingerprint density at radius 2 is 1.97 bits per heavy atom. The first-order valence-corrected chi connectivity index (χ1v) is 10.8. The van der Waals surface area contributed by atoms with Crippen molar-refractivity contribution >= 4 is 29.5 Å². The van der Waals surface area contributed by atoms with E-state index in [4.69, 9.17) is 4.74 Å². The van der Waals surface area contributed by atoms with Crippen LogP contribution in [0.15, 0.2) is 36.5 Å². The molecule has 34 heavy (non-hydrogen) atoms. The van der Waals surface area contributed by atoms with Crippen molar-refractivity contribution in [3.8, 4) is 0 Å². The second kappa shape index (κ2) is 10.9. The number of hydrogen-bond acceptors (Lipinski definition) is 6. The van der Waals surface area contributed by atoms with E-state index in [1.807, 2.05) is 6.92 Å². The number of nitrogens with zero attached hydrogens (tertiary/aromatic N) is 3. The molecule has 182 valence electrons. The lowest BCUT2D eigenvalue weighted by atomic mass is 10.1. The van der Waals surface area contributed by atoms with Crippen LogP contribution in [0.25, 0.3) is 0 Å². The number of aryl methyl sites for hydroxylation is 1. The van der Waals surface area contributed by atoms with Crippen molar-refractivity contribution in [1.82, 2.24) is 14.8 Å². The fourth-order valence-electron chi connectivity index (χ4n) is 3.59.